The molecule has 5 nitrogen and oxygen atoms in total. The molecule has 2 aromatic carbocycles. The molecule has 1 fully saturated rings. The van der Waals surface area contributed by atoms with Crippen LogP contribution in [0.25, 0.3) is 6.08 Å². The molecule has 2 aliphatic heterocycles. The Morgan fingerprint density at radius 2 is 1.75 bits per heavy atom. The number of amides is 2. The van der Waals surface area contributed by atoms with Crippen LogP contribution >= 0.6 is 24.4 Å². The highest BCUT2D eigenvalue weighted by Gasteiger charge is 2.36. The molecular weight excluding hydrogens is 438 g/mol. The van der Waals surface area contributed by atoms with Crippen LogP contribution in [0.1, 0.15) is 43.5 Å². The first-order valence-corrected chi connectivity index (χ1v) is 11.6. The molecule has 0 aliphatic carbocycles. The maximum absolute atomic E-state index is 13.1. The lowest BCUT2D eigenvalue weighted by Crippen LogP contribution is -2.55. The van der Waals surface area contributed by atoms with Gasteiger partial charge in [-0.3, -0.25) is 14.5 Å². The van der Waals surface area contributed by atoms with E-state index in [1.807, 2.05) is 60.1 Å². The van der Waals surface area contributed by atoms with E-state index < -0.39 is 0 Å². The summed E-state index contributed by atoms with van der Waals surface area (Å²) in [4.78, 5) is 31.2. The second-order valence-corrected chi connectivity index (χ2v) is 8.60. The van der Waals surface area contributed by atoms with Crippen molar-refractivity contribution in [2.75, 3.05) is 18.0 Å². The molecule has 0 saturated carbocycles. The first kappa shape index (κ1) is 22.3. The molecule has 1 saturated heterocycles. The fourth-order valence-corrected chi connectivity index (χ4v) is 5.29. The first-order valence-electron chi connectivity index (χ1n) is 10.7. The van der Waals surface area contributed by atoms with E-state index in [1.165, 1.54) is 0 Å². The Kier molecular flexibility index (Phi) is 6.22. The topological polar surface area (TPSA) is 43.9 Å². The Morgan fingerprint density at radius 3 is 2.38 bits per heavy atom. The van der Waals surface area contributed by atoms with Crippen molar-refractivity contribution in [3.8, 4) is 0 Å². The minimum Gasteiger partial charge on any atom is -0.309 e. The minimum absolute atomic E-state index is 0.0121. The van der Waals surface area contributed by atoms with Gasteiger partial charge < -0.3 is 9.80 Å². The van der Waals surface area contributed by atoms with Gasteiger partial charge in [0.25, 0.3) is 5.91 Å². The summed E-state index contributed by atoms with van der Waals surface area (Å²) in [5.41, 5.74) is 4.45. The number of hydrogen-bond donors (Lipinski definition) is 0. The molecule has 2 heterocycles. The molecule has 32 heavy (non-hydrogen) atoms. The fourth-order valence-electron chi connectivity index (χ4n) is 4.44. The molecule has 2 aliphatic rings. The van der Waals surface area contributed by atoms with Gasteiger partial charge in [-0.1, -0.05) is 48.6 Å². The number of rotatable bonds is 4. The van der Waals surface area contributed by atoms with Gasteiger partial charge in [-0.15, -0.1) is 0 Å². The number of carbonyl (C=O) groups excluding carboxylic acids is 2. The number of fused-ring (bicyclic) bond motifs is 1. The summed E-state index contributed by atoms with van der Waals surface area (Å²) < 4.78 is 0. The molecule has 0 spiro atoms. The number of thiocarbonyl (C=S) groups is 2. The van der Waals surface area contributed by atoms with Crippen LogP contribution in [-0.4, -0.2) is 44.8 Å². The minimum atomic E-state index is -0.166. The molecule has 0 bridgehead atoms. The Morgan fingerprint density at radius 1 is 1.06 bits per heavy atom. The summed E-state index contributed by atoms with van der Waals surface area (Å²) in [7, 11) is 0. The number of nitrogens with zero attached hydrogens (tertiary/aromatic N) is 3. The fraction of sp³-hybridized carbons (Fsp3) is 0.280. The van der Waals surface area contributed by atoms with Gasteiger partial charge >= 0.3 is 0 Å². The van der Waals surface area contributed by atoms with E-state index in [2.05, 4.69) is 18.2 Å². The van der Waals surface area contributed by atoms with Gasteiger partial charge in [-0.2, -0.15) is 0 Å². The van der Waals surface area contributed by atoms with Gasteiger partial charge in [0, 0.05) is 25.7 Å². The number of anilines is 1. The molecular formula is C25H25N3O2S2. The largest absolute Gasteiger partial charge is 0.309 e. The molecule has 1 unspecified atom stereocenters. The average molecular weight is 464 g/mol. The van der Waals surface area contributed by atoms with Crippen LogP contribution < -0.4 is 4.90 Å². The van der Waals surface area contributed by atoms with E-state index in [0.29, 0.717) is 28.8 Å². The standard InChI is InChI=1S/C25H25N3O2S2/c1-4-26-23(30)20(24(31)27(5-2)25(26)32)14-17-11-12-21-19(13-17)15-22(28(21)16(3)29)18-9-7-6-8-10-18/h6-14,22H,4-5,15H2,1-3H3. The zero-order chi connectivity index (χ0) is 23.0. The molecule has 0 radical (unpaired) electrons. The van der Waals surface area contributed by atoms with Crippen molar-refractivity contribution in [2.24, 2.45) is 0 Å². The predicted octanol–water partition coefficient (Wildman–Crippen LogP) is 4.52. The maximum atomic E-state index is 13.1. The molecule has 7 heteroatoms. The summed E-state index contributed by atoms with van der Waals surface area (Å²) in [6.45, 7) is 6.57. The van der Waals surface area contributed by atoms with Crippen LogP contribution in [0, 0.1) is 0 Å². The molecule has 0 N–H and O–H groups in total. The highest BCUT2D eigenvalue weighted by atomic mass is 32.1. The molecule has 1 atom stereocenters. The van der Waals surface area contributed by atoms with Crippen LogP contribution in [0.15, 0.2) is 54.1 Å². The van der Waals surface area contributed by atoms with Gasteiger partial charge in [0.15, 0.2) is 5.11 Å². The second-order valence-electron chi connectivity index (χ2n) is 7.85. The second kappa shape index (κ2) is 8.92. The Balaban J connectivity index is 1.72. The zero-order valence-electron chi connectivity index (χ0n) is 18.4. The van der Waals surface area contributed by atoms with Gasteiger partial charge in [-0.25, -0.2) is 0 Å². The van der Waals surface area contributed by atoms with Crippen LogP contribution in [0.4, 0.5) is 5.69 Å². The van der Waals surface area contributed by atoms with Crippen molar-refractivity contribution in [3.63, 3.8) is 0 Å². The van der Waals surface area contributed by atoms with Crippen molar-refractivity contribution in [1.29, 1.82) is 0 Å². The SMILES string of the molecule is CCN1C(=O)C(=Cc2ccc3c(c2)CC(c2ccccc2)N3C(C)=O)C(=S)N(CC)C1=S. The lowest BCUT2D eigenvalue weighted by molar-refractivity contribution is -0.123. The number of hydrogen-bond acceptors (Lipinski definition) is 4. The number of benzene rings is 2. The van der Waals surface area contributed by atoms with E-state index in [1.54, 1.807) is 11.8 Å². The van der Waals surface area contributed by atoms with Crippen molar-refractivity contribution >= 4 is 58.1 Å². The van der Waals surface area contributed by atoms with Gasteiger partial charge in [0.1, 0.15) is 4.99 Å². The normalized spacial score (nSPS) is 19.7. The molecule has 2 aromatic rings. The monoisotopic (exact) mass is 463 g/mol. The number of likely N-dealkylation sites (N-methyl/N-ethyl adjacent to an activating group) is 2. The first-order chi connectivity index (χ1) is 15.4. The van der Waals surface area contributed by atoms with E-state index in [4.69, 9.17) is 24.4 Å². The van der Waals surface area contributed by atoms with E-state index >= 15 is 0 Å². The lowest BCUT2D eigenvalue weighted by atomic mass is 10.0. The number of carbonyl (C=O) groups is 2. The van der Waals surface area contributed by atoms with Crippen molar-refractivity contribution in [2.45, 2.75) is 33.2 Å². The summed E-state index contributed by atoms with van der Waals surface area (Å²) >= 11 is 11.1. The highest BCUT2D eigenvalue weighted by Crippen LogP contribution is 2.41. The van der Waals surface area contributed by atoms with Crippen LogP contribution in [-0.2, 0) is 16.0 Å². The Bertz CT molecular complexity index is 1120. The maximum Gasteiger partial charge on any atom is 0.263 e. The molecule has 0 aromatic heterocycles. The highest BCUT2D eigenvalue weighted by molar-refractivity contribution is 7.82. The third kappa shape index (κ3) is 3.76. The quantitative estimate of drug-likeness (QED) is 0.493. The summed E-state index contributed by atoms with van der Waals surface area (Å²) in [6.07, 6.45) is 2.56. The average Bonchev–Trinajstić information content (AvgIpc) is 3.17. The van der Waals surface area contributed by atoms with Crippen LogP contribution in [0.3, 0.4) is 0 Å². The van der Waals surface area contributed by atoms with E-state index in [0.717, 1.165) is 28.8 Å². The zero-order valence-corrected chi connectivity index (χ0v) is 20.0. The van der Waals surface area contributed by atoms with Crippen molar-refractivity contribution < 1.29 is 9.59 Å². The summed E-state index contributed by atoms with van der Waals surface area (Å²) in [5.74, 6) is -0.154. The molecule has 2 amide bonds. The van der Waals surface area contributed by atoms with E-state index in [-0.39, 0.29) is 17.9 Å². The van der Waals surface area contributed by atoms with Crippen molar-refractivity contribution in [1.82, 2.24) is 9.80 Å². The van der Waals surface area contributed by atoms with E-state index in [9.17, 15) is 9.59 Å². The van der Waals surface area contributed by atoms with Gasteiger partial charge in [-0.05, 0) is 67.4 Å². The molecule has 164 valence electrons. The Hall–Kier alpha value is -2.90. The van der Waals surface area contributed by atoms with Crippen LogP contribution in [0.2, 0.25) is 0 Å². The predicted molar refractivity (Wildman–Crippen MR) is 135 cm³/mol. The molecule has 4 rings (SSSR count). The van der Waals surface area contributed by atoms with Gasteiger partial charge in [0.05, 0.1) is 11.6 Å². The van der Waals surface area contributed by atoms with Crippen LogP contribution in [0.5, 0.6) is 0 Å². The summed E-state index contributed by atoms with van der Waals surface area (Å²) in [5, 5.41) is 0.457. The third-order valence-electron chi connectivity index (χ3n) is 5.97. The van der Waals surface area contributed by atoms with Crippen molar-refractivity contribution in [3.05, 3.63) is 70.8 Å². The Labute approximate surface area is 199 Å². The summed E-state index contributed by atoms with van der Waals surface area (Å²) in [6, 6.07) is 16.0. The lowest BCUT2D eigenvalue weighted by Gasteiger charge is -2.37. The van der Waals surface area contributed by atoms with Gasteiger partial charge in [0.2, 0.25) is 5.91 Å². The smallest absolute Gasteiger partial charge is 0.263 e. The third-order valence-corrected chi connectivity index (χ3v) is 6.85.